The molecule has 2 aromatic carbocycles. The van der Waals surface area contributed by atoms with E-state index in [-0.39, 0.29) is 12.6 Å². The van der Waals surface area contributed by atoms with Crippen LogP contribution in [0, 0.1) is 6.92 Å². The van der Waals surface area contributed by atoms with Crippen LogP contribution in [0.4, 0.5) is 0 Å². The summed E-state index contributed by atoms with van der Waals surface area (Å²) in [6.45, 7) is 4.60. The molecular weight excluding hydrogens is 366 g/mol. The second kappa shape index (κ2) is 8.94. The van der Waals surface area contributed by atoms with E-state index in [4.69, 9.17) is 16.3 Å². The zero-order chi connectivity index (χ0) is 19.2. The lowest BCUT2D eigenvalue weighted by atomic mass is 10.1. The lowest BCUT2D eigenvalue weighted by Crippen LogP contribution is -2.33. The Balaban J connectivity index is 1.47. The number of hydrogen-bond acceptors (Lipinski definition) is 6. The second-order valence-corrected chi connectivity index (χ2v) is 6.79. The third-order valence-electron chi connectivity index (χ3n) is 4.23. The first kappa shape index (κ1) is 19.3. The molecule has 0 fully saturated rings. The lowest BCUT2D eigenvalue weighted by molar-refractivity contribution is 0.104. The van der Waals surface area contributed by atoms with Crippen LogP contribution < -0.4 is 10.1 Å². The predicted octanol–water partition coefficient (Wildman–Crippen LogP) is 2.71. The first-order valence-electron chi connectivity index (χ1n) is 8.66. The number of aromatic nitrogens is 4. The van der Waals surface area contributed by atoms with Crippen LogP contribution in [0.5, 0.6) is 5.75 Å². The Hall–Kier alpha value is -2.48. The van der Waals surface area contributed by atoms with E-state index in [0.717, 1.165) is 22.6 Å². The second-order valence-electron chi connectivity index (χ2n) is 6.35. The zero-order valence-corrected chi connectivity index (χ0v) is 16.0. The molecule has 7 nitrogen and oxygen atoms in total. The predicted molar refractivity (Wildman–Crippen MR) is 103 cm³/mol. The smallest absolute Gasteiger partial charge is 0.143 e. The lowest BCUT2D eigenvalue weighted by Gasteiger charge is -2.18. The molecule has 27 heavy (non-hydrogen) atoms. The number of halogens is 1. The van der Waals surface area contributed by atoms with Gasteiger partial charge in [0.25, 0.3) is 0 Å². The quantitative estimate of drug-likeness (QED) is 0.618. The fraction of sp³-hybridized carbons (Fsp3) is 0.316. The molecule has 0 aliphatic rings. The van der Waals surface area contributed by atoms with Crippen molar-refractivity contribution in [1.29, 1.82) is 0 Å². The molecule has 142 valence electrons. The number of ether oxygens (including phenoxy) is 1. The molecule has 3 aromatic rings. The zero-order valence-electron chi connectivity index (χ0n) is 15.2. The summed E-state index contributed by atoms with van der Waals surface area (Å²) in [6.07, 6.45) is 0.929. The standard InChI is InChI=1S/C19H22ClN5O2/c1-13-9-16(20)5-8-19(13)27-11-18(26)10-21-14(2)15-3-6-17(7-4-15)25-12-22-23-24-25/h3-9,12,14,18,21,26H,10-11H2,1-2H3. The number of aryl methyl sites for hydroxylation is 1. The van der Waals surface area contributed by atoms with E-state index in [1.54, 1.807) is 17.1 Å². The van der Waals surface area contributed by atoms with Gasteiger partial charge in [-0.1, -0.05) is 23.7 Å². The minimum absolute atomic E-state index is 0.0832. The summed E-state index contributed by atoms with van der Waals surface area (Å²) in [7, 11) is 0. The van der Waals surface area contributed by atoms with Gasteiger partial charge in [0.1, 0.15) is 24.8 Å². The van der Waals surface area contributed by atoms with E-state index in [0.29, 0.717) is 11.6 Å². The molecule has 1 aromatic heterocycles. The van der Waals surface area contributed by atoms with Crippen molar-refractivity contribution in [3.05, 3.63) is 64.9 Å². The van der Waals surface area contributed by atoms with Crippen LogP contribution in [-0.4, -0.2) is 44.6 Å². The number of benzene rings is 2. The SMILES string of the molecule is Cc1cc(Cl)ccc1OCC(O)CNC(C)c1ccc(-n2cnnn2)cc1. The number of nitrogens with one attached hydrogen (secondary N) is 1. The van der Waals surface area contributed by atoms with Crippen molar-refractivity contribution in [2.24, 2.45) is 0 Å². The molecule has 2 atom stereocenters. The minimum Gasteiger partial charge on any atom is -0.491 e. The number of aliphatic hydroxyl groups is 1. The fourth-order valence-corrected chi connectivity index (χ4v) is 2.87. The molecule has 0 saturated carbocycles. The molecule has 8 heteroatoms. The Kier molecular flexibility index (Phi) is 6.39. The first-order valence-corrected chi connectivity index (χ1v) is 9.04. The third kappa shape index (κ3) is 5.26. The number of aliphatic hydroxyl groups excluding tert-OH is 1. The largest absolute Gasteiger partial charge is 0.491 e. The van der Waals surface area contributed by atoms with Gasteiger partial charge in [0.2, 0.25) is 0 Å². The van der Waals surface area contributed by atoms with Gasteiger partial charge in [-0.25, -0.2) is 4.68 Å². The number of tetrazole rings is 1. The Labute approximate surface area is 162 Å². The molecule has 0 aliphatic carbocycles. The molecule has 2 unspecified atom stereocenters. The maximum Gasteiger partial charge on any atom is 0.143 e. The first-order chi connectivity index (χ1) is 13.0. The summed E-state index contributed by atoms with van der Waals surface area (Å²) in [5.74, 6) is 0.727. The van der Waals surface area contributed by atoms with Gasteiger partial charge in [-0.15, -0.1) is 5.10 Å². The maximum atomic E-state index is 10.2. The molecule has 1 heterocycles. The van der Waals surface area contributed by atoms with Crippen LogP contribution in [0.3, 0.4) is 0 Å². The van der Waals surface area contributed by atoms with Gasteiger partial charge in [0.05, 0.1) is 5.69 Å². The summed E-state index contributed by atoms with van der Waals surface area (Å²) in [5, 5.41) is 25.3. The molecule has 0 aliphatic heterocycles. The molecule has 0 radical (unpaired) electrons. The molecule has 0 amide bonds. The van der Waals surface area contributed by atoms with Crippen LogP contribution in [0.15, 0.2) is 48.8 Å². The van der Waals surface area contributed by atoms with E-state index in [1.807, 2.05) is 50.2 Å². The monoisotopic (exact) mass is 387 g/mol. The topological polar surface area (TPSA) is 85.1 Å². The van der Waals surface area contributed by atoms with Gasteiger partial charge >= 0.3 is 0 Å². The van der Waals surface area contributed by atoms with Crippen molar-refractivity contribution in [1.82, 2.24) is 25.5 Å². The summed E-state index contributed by atoms with van der Waals surface area (Å²) in [6, 6.07) is 13.4. The van der Waals surface area contributed by atoms with Crippen LogP contribution in [0.25, 0.3) is 5.69 Å². The number of nitrogens with zero attached hydrogens (tertiary/aromatic N) is 4. The molecule has 2 N–H and O–H groups in total. The highest BCUT2D eigenvalue weighted by Gasteiger charge is 2.11. The van der Waals surface area contributed by atoms with Crippen LogP contribution in [0.1, 0.15) is 24.1 Å². The molecular formula is C19H22ClN5O2. The molecule has 0 spiro atoms. The van der Waals surface area contributed by atoms with Crippen LogP contribution in [0.2, 0.25) is 5.02 Å². The molecule has 0 bridgehead atoms. The van der Waals surface area contributed by atoms with Crippen molar-refractivity contribution < 1.29 is 9.84 Å². The Morgan fingerprint density at radius 2 is 2.00 bits per heavy atom. The Morgan fingerprint density at radius 1 is 1.22 bits per heavy atom. The van der Waals surface area contributed by atoms with Gasteiger partial charge in [-0.2, -0.15) is 0 Å². The summed E-state index contributed by atoms with van der Waals surface area (Å²) in [5.41, 5.74) is 2.94. The number of hydrogen-bond donors (Lipinski definition) is 2. The van der Waals surface area contributed by atoms with Crippen molar-refractivity contribution in [3.63, 3.8) is 0 Å². The highest BCUT2D eigenvalue weighted by Crippen LogP contribution is 2.22. The van der Waals surface area contributed by atoms with E-state index in [1.165, 1.54) is 0 Å². The highest BCUT2D eigenvalue weighted by atomic mass is 35.5. The van der Waals surface area contributed by atoms with Gasteiger partial charge in [0.15, 0.2) is 0 Å². The average Bonchev–Trinajstić information content (AvgIpc) is 3.20. The Bertz CT molecular complexity index is 855. The summed E-state index contributed by atoms with van der Waals surface area (Å²) < 4.78 is 7.28. The van der Waals surface area contributed by atoms with Gasteiger partial charge in [-0.3, -0.25) is 0 Å². The maximum absolute atomic E-state index is 10.2. The normalized spacial score (nSPS) is 13.3. The fourth-order valence-electron chi connectivity index (χ4n) is 2.65. The highest BCUT2D eigenvalue weighted by molar-refractivity contribution is 6.30. The van der Waals surface area contributed by atoms with Crippen molar-refractivity contribution in [3.8, 4) is 11.4 Å². The van der Waals surface area contributed by atoms with E-state index in [9.17, 15) is 5.11 Å². The number of rotatable bonds is 8. The van der Waals surface area contributed by atoms with E-state index >= 15 is 0 Å². The Morgan fingerprint density at radius 3 is 2.67 bits per heavy atom. The summed E-state index contributed by atoms with van der Waals surface area (Å²) >= 11 is 5.94. The molecule has 0 saturated heterocycles. The van der Waals surface area contributed by atoms with Gasteiger partial charge in [-0.05, 0) is 65.7 Å². The van der Waals surface area contributed by atoms with Crippen LogP contribution >= 0.6 is 11.6 Å². The van der Waals surface area contributed by atoms with Crippen LogP contribution in [-0.2, 0) is 0 Å². The third-order valence-corrected chi connectivity index (χ3v) is 4.47. The minimum atomic E-state index is -0.622. The van der Waals surface area contributed by atoms with Gasteiger partial charge in [0, 0.05) is 17.6 Å². The van der Waals surface area contributed by atoms with Gasteiger partial charge < -0.3 is 15.2 Å². The van der Waals surface area contributed by atoms with Crippen molar-refractivity contribution in [2.45, 2.75) is 26.0 Å². The molecule has 3 rings (SSSR count). The van der Waals surface area contributed by atoms with Crippen molar-refractivity contribution >= 4 is 11.6 Å². The van der Waals surface area contributed by atoms with E-state index < -0.39 is 6.10 Å². The average molecular weight is 388 g/mol. The summed E-state index contributed by atoms with van der Waals surface area (Å²) in [4.78, 5) is 0. The van der Waals surface area contributed by atoms with Crippen molar-refractivity contribution in [2.75, 3.05) is 13.2 Å². The van der Waals surface area contributed by atoms with E-state index in [2.05, 4.69) is 20.8 Å².